The first kappa shape index (κ1) is 17.4. The number of aryl methyl sites for hydroxylation is 1. The largest absolute Gasteiger partial charge is 0.348 e. The SMILES string of the molecule is CCc1nc(N(CC)CCCN(CC)CC)sc1CN. The third kappa shape index (κ3) is 4.72. The first-order chi connectivity index (χ1) is 9.69. The summed E-state index contributed by atoms with van der Waals surface area (Å²) in [6.45, 7) is 14.9. The Hall–Kier alpha value is -0.650. The zero-order valence-electron chi connectivity index (χ0n) is 13.5. The zero-order chi connectivity index (χ0) is 15.0. The Kier molecular flexibility index (Phi) is 8.11. The molecule has 0 bridgehead atoms. The maximum Gasteiger partial charge on any atom is 0.185 e. The van der Waals surface area contributed by atoms with Crippen molar-refractivity contribution in [2.45, 2.75) is 47.1 Å². The predicted octanol–water partition coefficient (Wildman–Crippen LogP) is 2.72. The summed E-state index contributed by atoms with van der Waals surface area (Å²) in [6, 6.07) is 0. The maximum absolute atomic E-state index is 5.80. The Morgan fingerprint density at radius 1 is 1.05 bits per heavy atom. The Morgan fingerprint density at radius 3 is 2.20 bits per heavy atom. The molecule has 0 amide bonds. The molecule has 1 rings (SSSR count). The minimum absolute atomic E-state index is 0.609. The van der Waals surface area contributed by atoms with Crippen molar-refractivity contribution < 1.29 is 0 Å². The molecule has 4 nitrogen and oxygen atoms in total. The highest BCUT2D eigenvalue weighted by Gasteiger charge is 2.13. The van der Waals surface area contributed by atoms with Crippen LogP contribution in [-0.4, -0.2) is 42.6 Å². The van der Waals surface area contributed by atoms with E-state index in [0.29, 0.717) is 6.54 Å². The number of nitrogens with two attached hydrogens (primary N) is 1. The summed E-state index contributed by atoms with van der Waals surface area (Å²) in [5.74, 6) is 0. The molecule has 0 radical (unpaired) electrons. The van der Waals surface area contributed by atoms with Gasteiger partial charge in [-0.15, -0.1) is 11.3 Å². The Bertz CT molecular complexity index is 352. The van der Waals surface area contributed by atoms with E-state index in [4.69, 9.17) is 10.7 Å². The summed E-state index contributed by atoms with van der Waals surface area (Å²) in [6.07, 6.45) is 2.16. The lowest BCUT2D eigenvalue weighted by Gasteiger charge is -2.23. The van der Waals surface area contributed by atoms with E-state index < -0.39 is 0 Å². The first-order valence-corrected chi connectivity index (χ1v) is 8.67. The summed E-state index contributed by atoms with van der Waals surface area (Å²) >= 11 is 1.76. The molecule has 0 saturated carbocycles. The molecule has 0 fully saturated rings. The van der Waals surface area contributed by atoms with Crippen LogP contribution >= 0.6 is 11.3 Å². The Balaban J connectivity index is 2.59. The fourth-order valence-corrected chi connectivity index (χ4v) is 3.47. The quantitative estimate of drug-likeness (QED) is 0.721. The van der Waals surface area contributed by atoms with Crippen LogP contribution in [0.2, 0.25) is 0 Å². The number of rotatable bonds is 10. The van der Waals surface area contributed by atoms with Crippen molar-refractivity contribution >= 4 is 16.5 Å². The van der Waals surface area contributed by atoms with Crippen LogP contribution in [0.25, 0.3) is 0 Å². The van der Waals surface area contributed by atoms with Gasteiger partial charge in [-0.25, -0.2) is 4.98 Å². The molecule has 0 spiro atoms. The lowest BCUT2D eigenvalue weighted by atomic mass is 10.3. The van der Waals surface area contributed by atoms with Gasteiger partial charge in [0.2, 0.25) is 0 Å². The van der Waals surface area contributed by atoms with Gasteiger partial charge in [0.05, 0.1) is 5.69 Å². The molecule has 1 aromatic rings. The van der Waals surface area contributed by atoms with Gasteiger partial charge in [0, 0.05) is 24.5 Å². The second-order valence-electron chi connectivity index (χ2n) is 4.88. The molecular formula is C15H30N4S. The molecule has 0 atom stereocenters. The normalized spacial score (nSPS) is 11.3. The third-order valence-corrected chi connectivity index (χ3v) is 4.92. The van der Waals surface area contributed by atoms with Crippen LogP contribution < -0.4 is 10.6 Å². The van der Waals surface area contributed by atoms with E-state index >= 15 is 0 Å². The highest BCUT2D eigenvalue weighted by atomic mass is 32.1. The van der Waals surface area contributed by atoms with E-state index in [0.717, 1.165) is 37.7 Å². The molecule has 1 heterocycles. The fourth-order valence-electron chi connectivity index (χ4n) is 2.35. The molecule has 0 saturated heterocycles. The molecule has 5 heteroatoms. The van der Waals surface area contributed by atoms with Crippen LogP contribution in [0.15, 0.2) is 0 Å². The second-order valence-corrected chi connectivity index (χ2v) is 5.95. The average Bonchev–Trinajstić information content (AvgIpc) is 2.90. The fraction of sp³-hybridized carbons (Fsp3) is 0.800. The minimum Gasteiger partial charge on any atom is -0.348 e. The van der Waals surface area contributed by atoms with Gasteiger partial charge in [0.15, 0.2) is 5.13 Å². The van der Waals surface area contributed by atoms with E-state index in [1.807, 2.05) is 0 Å². The third-order valence-electron chi connectivity index (χ3n) is 3.74. The topological polar surface area (TPSA) is 45.4 Å². The van der Waals surface area contributed by atoms with Crippen molar-refractivity contribution in [3.63, 3.8) is 0 Å². The number of aromatic nitrogens is 1. The lowest BCUT2D eigenvalue weighted by molar-refractivity contribution is 0.301. The summed E-state index contributed by atoms with van der Waals surface area (Å²) in [5, 5.41) is 1.14. The molecule has 0 aliphatic heterocycles. The monoisotopic (exact) mass is 298 g/mol. The standard InChI is InChI=1S/C15H30N4S/c1-5-13-14(12-16)20-15(17-13)19(8-4)11-9-10-18(6-2)7-3/h5-12,16H2,1-4H3. The molecule has 20 heavy (non-hydrogen) atoms. The number of thiazole rings is 1. The number of hydrogen-bond acceptors (Lipinski definition) is 5. The van der Waals surface area contributed by atoms with E-state index in [1.54, 1.807) is 11.3 Å². The molecule has 0 aliphatic carbocycles. The molecule has 116 valence electrons. The van der Waals surface area contributed by atoms with Crippen molar-refractivity contribution in [3.05, 3.63) is 10.6 Å². The zero-order valence-corrected chi connectivity index (χ0v) is 14.3. The summed E-state index contributed by atoms with van der Waals surface area (Å²) in [5.41, 5.74) is 6.98. The van der Waals surface area contributed by atoms with Gasteiger partial charge in [0.1, 0.15) is 0 Å². The van der Waals surface area contributed by atoms with Crippen LogP contribution in [0, 0.1) is 0 Å². The Labute approximate surface area is 128 Å². The van der Waals surface area contributed by atoms with E-state index in [9.17, 15) is 0 Å². The van der Waals surface area contributed by atoms with Crippen LogP contribution in [-0.2, 0) is 13.0 Å². The van der Waals surface area contributed by atoms with Gasteiger partial charge in [-0.2, -0.15) is 0 Å². The van der Waals surface area contributed by atoms with Gasteiger partial charge in [-0.3, -0.25) is 0 Å². The van der Waals surface area contributed by atoms with Gasteiger partial charge in [-0.1, -0.05) is 20.8 Å². The second kappa shape index (κ2) is 9.32. The maximum atomic E-state index is 5.80. The van der Waals surface area contributed by atoms with Crippen molar-refractivity contribution in [1.82, 2.24) is 9.88 Å². The number of anilines is 1. The van der Waals surface area contributed by atoms with Crippen LogP contribution in [0.1, 0.15) is 44.7 Å². The highest BCUT2D eigenvalue weighted by molar-refractivity contribution is 7.15. The van der Waals surface area contributed by atoms with Gasteiger partial charge in [-0.05, 0) is 39.4 Å². The predicted molar refractivity (Wildman–Crippen MR) is 89.7 cm³/mol. The van der Waals surface area contributed by atoms with Gasteiger partial charge in [0.25, 0.3) is 0 Å². The molecule has 0 unspecified atom stereocenters. The molecule has 0 aliphatic rings. The highest BCUT2D eigenvalue weighted by Crippen LogP contribution is 2.26. The summed E-state index contributed by atoms with van der Waals surface area (Å²) < 4.78 is 0. The van der Waals surface area contributed by atoms with Gasteiger partial charge < -0.3 is 15.5 Å². The van der Waals surface area contributed by atoms with E-state index in [1.165, 1.54) is 23.5 Å². The lowest BCUT2D eigenvalue weighted by Crippen LogP contribution is -2.29. The molecule has 0 aromatic carbocycles. The van der Waals surface area contributed by atoms with E-state index in [-0.39, 0.29) is 0 Å². The van der Waals surface area contributed by atoms with Crippen LogP contribution in [0.4, 0.5) is 5.13 Å². The van der Waals surface area contributed by atoms with E-state index in [2.05, 4.69) is 37.5 Å². The summed E-state index contributed by atoms with van der Waals surface area (Å²) in [4.78, 5) is 10.9. The number of hydrogen-bond donors (Lipinski definition) is 1. The molecule has 2 N–H and O–H groups in total. The Morgan fingerprint density at radius 2 is 1.75 bits per heavy atom. The molecular weight excluding hydrogens is 268 g/mol. The van der Waals surface area contributed by atoms with Crippen molar-refractivity contribution in [3.8, 4) is 0 Å². The van der Waals surface area contributed by atoms with Crippen molar-refractivity contribution in [2.24, 2.45) is 5.73 Å². The summed E-state index contributed by atoms with van der Waals surface area (Å²) in [7, 11) is 0. The van der Waals surface area contributed by atoms with Crippen LogP contribution in [0.5, 0.6) is 0 Å². The molecule has 1 aromatic heterocycles. The minimum atomic E-state index is 0.609. The number of nitrogens with zero attached hydrogens (tertiary/aromatic N) is 3. The van der Waals surface area contributed by atoms with Crippen LogP contribution in [0.3, 0.4) is 0 Å². The van der Waals surface area contributed by atoms with Crippen molar-refractivity contribution in [1.29, 1.82) is 0 Å². The van der Waals surface area contributed by atoms with Gasteiger partial charge >= 0.3 is 0 Å². The van der Waals surface area contributed by atoms with Crippen molar-refractivity contribution in [2.75, 3.05) is 37.6 Å². The first-order valence-electron chi connectivity index (χ1n) is 7.85. The average molecular weight is 299 g/mol. The smallest absolute Gasteiger partial charge is 0.185 e.